The summed E-state index contributed by atoms with van der Waals surface area (Å²) in [5.74, 6) is 1.48. The number of benzene rings is 2. The van der Waals surface area contributed by atoms with Gasteiger partial charge >= 0.3 is 0 Å². The zero-order valence-corrected chi connectivity index (χ0v) is 15.4. The number of hydrogen-bond acceptors (Lipinski definition) is 2. The number of thioether (sulfide) groups is 1. The van der Waals surface area contributed by atoms with Crippen molar-refractivity contribution in [1.29, 1.82) is 0 Å². The fourth-order valence-electron chi connectivity index (χ4n) is 1.98. The van der Waals surface area contributed by atoms with Crippen molar-refractivity contribution in [2.45, 2.75) is 12.2 Å². The molecule has 23 heavy (non-hydrogen) atoms. The minimum absolute atomic E-state index is 0.0329. The molecule has 2 aromatic rings. The van der Waals surface area contributed by atoms with E-state index in [2.05, 4.69) is 5.32 Å². The molecule has 0 saturated carbocycles. The number of nitrogens with one attached hydrogen (secondary N) is 1. The third kappa shape index (κ3) is 5.92. The molecule has 0 aliphatic rings. The third-order valence-electron chi connectivity index (χ3n) is 3.19. The van der Waals surface area contributed by atoms with Crippen LogP contribution < -0.4 is 5.32 Å². The molecular formula is C17H16Cl3NOS. The first-order chi connectivity index (χ1) is 11.1. The highest BCUT2D eigenvalue weighted by molar-refractivity contribution is 7.98. The van der Waals surface area contributed by atoms with Gasteiger partial charge in [0.2, 0.25) is 5.91 Å². The van der Waals surface area contributed by atoms with Crippen LogP contribution >= 0.6 is 46.6 Å². The molecule has 2 rings (SSSR count). The summed E-state index contributed by atoms with van der Waals surface area (Å²) in [6, 6.07) is 12.8. The Bertz CT molecular complexity index is 658. The molecule has 0 aliphatic carbocycles. The Morgan fingerprint density at radius 3 is 2.30 bits per heavy atom. The maximum absolute atomic E-state index is 11.9. The van der Waals surface area contributed by atoms with Crippen molar-refractivity contribution in [3.63, 3.8) is 0 Å². The van der Waals surface area contributed by atoms with Crippen molar-refractivity contribution in [2.24, 2.45) is 0 Å². The molecule has 0 saturated heterocycles. The molecule has 2 aromatic carbocycles. The van der Waals surface area contributed by atoms with E-state index in [-0.39, 0.29) is 5.91 Å². The number of hydrogen-bond donors (Lipinski definition) is 1. The summed E-state index contributed by atoms with van der Waals surface area (Å²) in [7, 11) is 0. The molecule has 0 heterocycles. The van der Waals surface area contributed by atoms with Crippen LogP contribution in [0.25, 0.3) is 0 Å². The fourth-order valence-corrected chi connectivity index (χ4v) is 3.78. The van der Waals surface area contributed by atoms with E-state index in [0.717, 1.165) is 22.6 Å². The first-order valence-corrected chi connectivity index (χ1v) is 9.37. The Kier molecular flexibility index (Phi) is 7.57. The molecule has 0 atom stereocenters. The highest BCUT2D eigenvalue weighted by Gasteiger charge is 2.07. The lowest BCUT2D eigenvalue weighted by Crippen LogP contribution is -2.27. The maximum Gasteiger partial charge on any atom is 0.224 e. The van der Waals surface area contributed by atoms with E-state index < -0.39 is 0 Å². The smallest absolute Gasteiger partial charge is 0.224 e. The van der Waals surface area contributed by atoms with Gasteiger partial charge in [-0.1, -0.05) is 59.1 Å². The summed E-state index contributed by atoms with van der Waals surface area (Å²) in [6.45, 7) is 0.593. The van der Waals surface area contributed by atoms with Gasteiger partial charge in [0.25, 0.3) is 0 Å². The van der Waals surface area contributed by atoms with Crippen molar-refractivity contribution >= 4 is 52.5 Å². The Labute approximate surface area is 155 Å². The summed E-state index contributed by atoms with van der Waals surface area (Å²) >= 11 is 20.0. The number of halogens is 3. The van der Waals surface area contributed by atoms with E-state index in [9.17, 15) is 4.79 Å². The van der Waals surface area contributed by atoms with Crippen LogP contribution in [0.1, 0.15) is 11.1 Å². The average molecular weight is 389 g/mol. The van der Waals surface area contributed by atoms with Crippen molar-refractivity contribution in [3.8, 4) is 0 Å². The van der Waals surface area contributed by atoms with Gasteiger partial charge in [0, 0.05) is 33.1 Å². The van der Waals surface area contributed by atoms with E-state index in [4.69, 9.17) is 34.8 Å². The fraction of sp³-hybridized carbons (Fsp3) is 0.235. The predicted octanol–water partition coefficient (Wildman–Crippen LogP) is 5.24. The van der Waals surface area contributed by atoms with Crippen molar-refractivity contribution < 1.29 is 4.79 Å². The monoisotopic (exact) mass is 387 g/mol. The van der Waals surface area contributed by atoms with Crippen LogP contribution in [-0.2, 0) is 17.0 Å². The second kappa shape index (κ2) is 9.43. The Balaban J connectivity index is 1.69. The van der Waals surface area contributed by atoms with Gasteiger partial charge in [-0.15, -0.1) is 0 Å². The Hall–Kier alpha value is -0.870. The highest BCUT2D eigenvalue weighted by atomic mass is 35.5. The largest absolute Gasteiger partial charge is 0.355 e. The molecule has 0 bridgehead atoms. The third-order valence-corrected chi connectivity index (χ3v) is 5.25. The lowest BCUT2D eigenvalue weighted by molar-refractivity contribution is -0.120. The minimum atomic E-state index is -0.0329. The quantitative estimate of drug-likeness (QED) is 0.657. The van der Waals surface area contributed by atoms with E-state index in [0.29, 0.717) is 28.0 Å². The average Bonchev–Trinajstić information content (AvgIpc) is 2.52. The Morgan fingerprint density at radius 2 is 1.61 bits per heavy atom. The van der Waals surface area contributed by atoms with Crippen LogP contribution in [-0.4, -0.2) is 18.2 Å². The van der Waals surface area contributed by atoms with Crippen molar-refractivity contribution in [1.82, 2.24) is 5.32 Å². The van der Waals surface area contributed by atoms with E-state index in [1.807, 2.05) is 36.4 Å². The standard InChI is InChI=1S/C17H16Cl3NOS/c18-14-5-2-1-4-12(14)10-17(22)21-8-9-23-11-13-15(19)6-3-7-16(13)20/h1-7H,8-11H2,(H,21,22). The van der Waals surface area contributed by atoms with Crippen LogP contribution in [0.3, 0.4) is 0 Å². The molecule has 122 valence electrons. The van der Waals surface area contributed by atoms with Gasteiger partial charge in [-0.2, -0.15) is 11.8 Å². The lowest BCUT2D eigenvalue weighted by Gasteiger charge is -2.08. The number of amides is 1. The first kappa shape index (κ1) is 18.5. The summed E-state index contributed by atoms with van der Waals surface area (Å²) in [4.78, 5) is 11.9. The molecule has 1 amide bonds. The van der Waals surface area contributed by atoms with Crippen molar-refractivity contribution in [2.75, 3.05) is 12.3 Å². The zero-order valence-electron chi connectivity index (χ0n) is 12.3. The molecular weight excluding hydrogens is 373 g/mol. The van der Waals surface area contributed by atoms with Crippen LogP contribution in [0, 0.1) is 0 Å². The SMILES string of the molecule is O=C(Cc1ccccc1Cl)NCCSCc1c(Cl)cccc1Cl. The molecule has 0 unspecified atom stereocenters. The summed E-state index contributed by atoms with van der Waals surface area (Å²) < 4.78 is 0. The van der Waals surface area contributed by atoms with Crippen LogP contribution in [0.4, 0.5) is 0 Å². The van der Waals surface area contributed by atoms with Gasteiger partial charge in [0.15, 0.2) is 0 Å². The number of carbonyl (C=O) groups is 1. The summed E-state index contributed by atoms with van der Waals surface area (Å²) in [5, 5.41) is 4.85. The molecule has 2 nitrogen and oxygen atoms in total. The Morgan fingerprint density at radius 1 is 0.957 bits per heavy atom. The van der Waals surface area contributed by atoms with Gasteiger partial charge in [-0.3, -0.25) is 4.79 Å². The minimum Gasteiger partial charge on any atom is -0.355 e. The number of carbonyl (C=O) groups excluding carboxylic acids is 1. The van der Waals surface area contributed by atoms with Gasteiger partial charge in [-0.05, 0) is 29.3 Å². The normalized spacial score (nSPS) is 10.6. The van der Waals surface area contributed by atoms with E-state index in [1.165, 1.54) is 0 Å². The molecule has 0 radical (unpaired) electrons. The highest BCUT2D eigenvalue weighted by Crippen LogP contribution is 2.27. The second-order valence-electron chi connectivity index (χ2n) is 4.87. The van der Waals surface area contributed by atoms with Gasteiger partial charge in [0.05, 0.1) is 6.42 Å². The van der Waals surface area contributed by atoms with Gasteiger partial charge in [0.1, 0.15) is 0 Å². The van der Waals surface area contributed by atoms with Crippen LogP contribution in [0.2, 0.25) is 15.1 Å². The number of rotatable bonds is 7. The molecule has 0 spiro atoms. The van der Waals surface area contributed by atoms with E-state index >= 15 is 0 Å². The van der Waals surface area contributed by atoms with Crippen molar-refractivity contribution in [3.05, 3.63) is 68.7 Å². The lowest BCUT2D eigenvalue weighted by atomic mass is 10.1. The van der Waals surface area contributed by atoms with Crippen LogP contribution in [0.15, 0.2) is 42.5 Å². The maximum atomic E-state index is 11.9. The van der Waals surface area contributed by atoms with Crippen LogP contribution in [0.5, 0.6) is 0 Å². The first-order valence-electron chi connectivity index (χ1n) is 7.08. The molecule has 0 fully saturated rings. The zero-order chi connectivity index (χ0) is 16.7. The van der Waals surface area contributed by atoms with E-state index in [1.54, 1.807) is 17.8 Å². The summed E-state index contributed by atoms with van der Waals surface area (Å²) in [5.41, 5.74) is 1.77. The molecule has 1 N–H and O–H groups in total. The van der Waals surface area contributed by atoms with Gasteiger partial charge in [-0.25, -0.2) is 0 Å². The predicted molar refractivity (Wildman–Crippen MR) is 101 cm³/mol. The molecule has 0 aliphatic heterocycles. The second-order valence-corrected chi connectivity index (χ2v) is 7.20. The summed E-state index contributed by atoms with van der Waals surface area (Å²) in [6.07, 6.45) is 0.292. The molecule has 0 aromatic heterocycles. The van der Waals surface area contributed by atoms with Gasteiger partial charge < -0.3 is 5.32 Å². The molecule has 6 heteroatoms. The topological polar surface area (TPSA) is 29.1 Å².